The van der Waals surface area contributed by atoms with E-state index in [1.165, 1.54) is 6.08 Å². The van der Waals surface area contributed by atoms with E-state index in [-0.39, 0.29) is 5.78 Å². The number of allylic oxidation sites excluding steroid dienone is 1. The Morgan fingerprint density at radius 2 is 1.91 bits per heavy atom. The van der Waals surface area contributed by atoms with Crippen molar-refractivity contribution in [2.75, 3.05) is 13.7 Å². The number of hydrogen-bond acceptors (Lipinski definition) is 3. The predicted octanol–water partition coefficient (Wildman–Crippen LogP) is 5.30. The van der Waals surface area contributed by atoms with Crippen molar-refractivity contribution in [3.63, 3.8) is 0 Å². The zero-order valence-electron chi connectivity index (χ0n) is 12.8. The molecule has 0 heterocycles. The second-order valence-corrected chi connectivity index (χ2v) is 5.51. The van der Waals surface area contributed by atoms with Crippen LogP contribution in [0.25, 0.3) is 6.08 Å². The Hall–Kier alpha value is -1.97. The molecule has 0 aliphatic rings. The second kappa shape index (κ2) is 8.04. The Morgan fingerprint density at radius 1 is 1.13 bits per heavy atom. The van der Waals surface area contributed by atoms with E-state index in [4.69, 9.17) is 32.7 Å². The number of benzene rings is 2. The van der Waals surface area contributed by atoms with Gasteiger partial charge in [-0.15, -0.1) is 0 Å². The summed E-state index contributed by atoms with van der Waals surface area (Å²) in [5.74, 6) is 1.06. The average molecular weight is 351 g/mol. The molecule has 0 aliphatic carbocycles. The summed E-state index contributed by atoms with van der Waals surface area (Å²) >= 11 is 11.9. The Bertz CT molecular complexity index is 739. The zero-order valence-corrected chi connectivity index (χ0v) is 14.3. The highest BCUT2D eigenvalue weighted by molar-refractivity contribution is 6.36. The molecule has 0 unspecified atom stereocenters. The highest BCUT2D eigenvalue weighted by atomic mass is 35.5. The van der Waals surface area contributed by atoms with Gasteiger partial charge in [0, 0.05) is 10.6 Å². The highest BCUT2D eigenvalue weighted by Crippen LogP contribution is 2.28. The van der Waals surface area contributed by atoms with Gasteiger partial charge in [0.25, 0.3) is 0 Å². The molecule has 0 aromatic heterocycles. The minimum absolute atomic E-state index is 0.216. The van der Waals surface area contributed by atoms with E-state index in [2.05, 4.69) is 0 Å². The van der Waals surface area contributed by atoms with Crippen molar-refractivity contribution in [3.8, 4) is 11.5 Å². The van der Waals surface area contributed by atoms with E-state index < -0.39 is 0 Å². The van der Waals surface area contributed by atoms with Gasteiger partial charge in [-0.2, -0.15) is 0 Å². The smallest absolute Gasteiger partial charge is 0.187 e. The molecule has 0 saturated heterocycles. The lowest BCUT2D eigenvalue weighted by Gasteiger charge is -2.09. The number of methoxy groups -OCH3 is 1. The molecule has 2 aromatic carbocycles. The highest BCUT2D eigenvalue weighted by Gasteiger charge is 2.09. The van der Waals surface area contributed by atoms with Gasteiger partial charge in [-0.3, -0.25) is 4.79 Å². The molecule has 2 aromatic rings. The molecule has 0 aliphatic heterocycles. The third-order valence-corrected chi connectivity index (χ3v) is 3.67. The average Bonchev–Trinajstić information content (AvgIpc) is 2.55. The van der Waals surface area contributed by atoms with Crippen molar-refractivity contribution >= 4 is 35.1 Å². The van der Waals surface area contributed by atoms with Crippen LogP contribution in [0.5, 0.6) is 11.5 Å². The molecule has 0 spiro atoms. The maximum atomic E-state index is 12.2. The number of ether oxygens (including phenoxy) is 2. The fraction of sp³-hybridized carbons (Fsp3) is 0.167. The summed E-state index contributed by atoms with van der Waals surface area (Å²) in [6.07, 6.45) is 3.15. The van der Waals surface area contributed by atoms with Crippen LogP contribution in [0.2, 0.25) is 10.0 Å². The molecule has 0 atom stereocenters. The first-order chi connectivity index (χ1) is 11.0. The summed E-state index contributed by atoms with van der Waals surface area (Å²) in [7, 11) is 1.58. The molecule has 120 valence electrons. The molecular weight excluding hydrogens is 335 g/mol. The Labute approximate surface area is 145 Å². The third kappa shape index (κ3) is 4.50. The van der Waals surface area contributed by atoms with Gasteiger partial charge in [0.05, 0.1) is 18.7 Å². The summed E-state index contributed by atoms with van der Waals surface area (Å²) in [6.45, 7) is 2.42. The summed E-state index contributed by atoms with van der Waals surface area (Å²) < 4.78 is 10.7. The monoisotopic (exact) mass is 350 g/mol. The minimum Gasteiger partial charge on any atom is -0.493 e. The van der Waals surface area contributed by atoms with E-state index in [0.717, 1.165) is 5.56 Å². The lowest BCUT2D eigenvalue weighted by molar-refractivity contribution is 0.104. The Morgan fingerprint density at radius 3 is 2.61 bits per heavy atom. The van der Waals surface area contributed by atoms with E-state index in [9.17, 15) is 4.79 Å². The van der Waals surface area contributed by atoms with Crippen LogP contribution >= 0.6 is 23.2 Å². The van der Waals surface area contributed by atoms with Gasteiger partial charge in [0.1, 0.15) is 0 Å². The van der Waals surface area contributed by atoms with Gasteiger partial charge in [-0.1, -0.05) is 35.3 Å². The fourth-order valence-corrected chi connectivity index (χ4v) is 2.40. The van der Waals surface area contributed by atoms with Gasteiger partial charge in [-0.05, 0) is 48.9 Å². The molecule has 0 amide bonds. The number of hydrogen-bond donors (Lipinski definition) is 0. The quantitative estimate of drug-likeness (QED) is 0.524. The minimum atomic E-state index is -0.216. The van der Waals surface area contributed by atoms with Crippen molar-refractivity contribution in [1.29, 1.82) is 0 Å². The molecular formula is C18H16Cl2O3. The maximum absolute atomic E-state index is 12.2. The molecule has 5 heteroatoms. The predicted molar refractivity (Wildman–Crippen MR) is 94.0 cm³/mol. The first-order valence-electron chi connectivity index (χ1n) is 7.03. The topological polar surface area (TPSA) is 35.5 Å². The molecule has 0 bridgehead atoms. The fourth-order valence-electron chi connectivity index (χ4n) is 2.01. The van der Waals surface area contributed by atoms with Crippen molar-refractivity contribution in [2.45, 2.75) is 6.92 Å². The van der Waals surface area contributed by atoms with Crippen LogP contribution < -0.4 is 9.47 Å². The first-order valence-corrected chi connectivity index (χ1v) is 7.79. The molecule has 0 fully saturated rings. The third-order valence-electron chi connectivity index (χ3n) is 3.11. The zero-order chi connectivity index (χ0) is 16.8. The van der Waals surface area contributed by atoms with Crippen molar-refractivity contribution in [2.24, 2.45) is 0 Å². The number of carbonyl (C=O) groups excluding carboxylic acids is 1. The molecule has 23 heavy (non-hydrogen) atoms. The molecule has 2 rings (SSSR count). The first kappa shape index (κ1) is 17.4. The summed E-state index contributed by atoms with van der Waals surface area (Å²) in [6, 6.07) is 10.2. The lowest BCUT2D eigenvalue weighted by atomic mass is 10.1. The number of rotatable bonds is 6. The van der Waals surface area contributed by atoms with E-state index >= 15 is 0 Å². The van der Waals surface area contributed by atoms with Crippen LogP contribution in [-0.2, 0) is 0 Å². The Kier molecular flexibility index (Phi) is 6.08. The SMILES string of the molecule is CCOc1cc(/C=C/C(=O)c2cc(Cl)ccc2Cl)ccc1OC. The molecule has 0 radical (unpaired) electrons. The summed E-state index contributed by atoms with van der Waals surface area (Å²) in [5, 5.41) is 0.836. The maximum Gasteiger partial charge on any atom is 0.187 e. The van der Waals surface area contributed by atoms with Crippen molar-refractivity contribution in [1.82, 2.24) is 0 Å². The van der Waals surface area contributed by atoms with E-state index in [1.807, 2.05) is 19.1 Å². The number of ketones is 1. The van der Waals surface area contributed by atoms with Crippen LogP contribution in [0, 0.1) is 0 Å². The van der Waals surface area contributed by atoms with Crippen LogP contribution in [0.15, 0.2) is 42.5 Å². The van der Waals surface area contributed by atoms with Gasteiger partial charge in [-0.25, -0.2) is 0 Å². The van der Waals surface area contributed by atoms with Crippen molar-refractivity contribution in [3.05, 3.63) is 63.6 Å². The van der Waals surface area contributed by atoms with Gasteiger partial charge in [0.2, 0.25) is 0 Å². The van der Waals surface area contributed by atoms with E-state index in [0.29, 0.717) is 33.7 Å². The van der Waals surface area contributed by atoms with Crippen molar-refractivity contribution < 1.29 is 14.3 Å². The van der Waals surface area contributed by atoms with E-state index in [1.54, 1.807) is 37.5 Å². The summed E-state index contributed by atoms with van der Waals surface area (Å²) in [4.78, 5) is 12.2. The van der Waals surface area contributed by atoms with Gasteiger partial charge >= 0.3 is 0 Å². The number of halogens is 2. The normalized spacial score (nSPS) is 10.8. The van der Waals surface area contributed by atoms with Crippen LogP contribution in [-0.4, -0.2) is 19.5 Å². The van der Waals surface area contributed by atoms with Crippen LogP contribution in [0.4, 0.5) is 0 Å². The molecule has 0 saturated carbocycles. The Balaban J connectivity index is 2.24. The summed E-state index contributed by atoms with van der Waals surface area (Å²) in [5.41, 5.74) is 1.19. The van der Waals surface area contributed by atoms with Gasteiger partial charge < -0.3 is 9.47 Å². The van der Waals surface area contributed by atoms with Crippen LogP contribution in [0.1, 0.15) is 22.8 Å². The standard InChI is InChI=1S/C18H16Cl2O3/c1-3-23-18-10-12(5-9-17(18)22-2)4-8-16(21)14-11-13(19)6-7-15(14)20/h4-11H,3H2,1-2H3/b8-4+. The van der Waals surface area contributed by atoms with Gasteiger partial charge in [0.15, 0.2) is 17.3 Å². The molecule has 0 N–H and O–H groups in total. The molecule has 3 nitrogen and oxygen atoms in total. The lowest BCUT2D eigenvalue weighted by Crippen LogP contribution is -1.96. The second-order valence-electron chi connectivity index (χ2n) is 4.67. The number of carbonyl (C=O) groups is 1. The largest absolute Gasteiger partial charge is 0.493 e. The van der Waals surface area contributed by atoms with Crippen LogP contribution in [0.3, 0.4) is 0 Å².